The van der Waals surface area contributed by atoms with Gasteiger partial charge in [0.25, 0.3) is 0 Å². The van der Waals surface area contributed by atoms with Crippen LogP contribution in [0, 0.1) is 11.6 Å². The maximum absolute atomic E-state index is 13.5. The summed E-state index contributed by atoms with van der Waals surface area (Å²) in [6.07, 6.45) is -1.20. The summed E-state index contributed by atoms with van der Waals surface area (Å²) in [6, 6.07) is 7.35. The number of carboxylic acid groups (broad SMARTS) is 1. The van der Waals surface area contributed by atoms with Gasteiger partial charge in [0.05, 0.1) is 5.69 Å². The van der Waals surface area contributed by atoms with Crippen molar-refractivity contribution in [1.29, 1.82) is 0 Å². The minimum Gasteiger partial charge on any atom is -0.465 e. The molecule has 104 valence electrons. The fourth-order valence-corrected chi connectivity index (χ4v) is 1.48. The molecule has 0 heterocycles. The Hall–Kier alpha value is -2.83. The molecule has 0 spiro atoms. The summed E-state index contributed by atoms with van der Waals surface area (Å²) in [6.45, 7) is 0. The lowest BCUT2D eigenvalue weighted by Gasteiger charge is -2.08. The molecular formula is C13H10F2N2O3. The zero-order chi connectivity index (χ0) is 14.7. The predicted molar refractivity (Wildman–Crippen MR) is 68.9 cm³/mol. The van der Waals surface area contributed by atoms with E-state index in [1.165, 1.54) is 24.3 Å². The standard InChI is InChI=1S/C13H10F2N2O3/c14-9-6-12(10(15)5-11(9)16)20-8-3-1-7(2-4-8)17-13(18)19/h1-6,17H,16H2,(H,18,19). The lowest BCUT2D eigenvalue weighted by molar-refractivity contribution is 0.209. The normalized spacial score (nSPS) is 10.1. The molecule has 20 heavy (non-hydrogen) atoms. The summed E-state index contributed by atoms with van der Waals surface area (Å²) in [5.74, 6) is -1.66. The van der Waals surface area contributed by atoms with Crippen LogP contribution in [0.3, 0.4) is 0 Å². The first kappa shape index (κ1) is 13.6. The molecule has 0 aromatic heterocycles. The molecule has 0 aliphatic rings. The summed E-state index contributed by atoms with van der Waals surface area (Å²) in [7, 11) is 0. The molecular weight excluding hydrogens is 270 g/mol. The van der Waals surface area contributed by atoms with Crippen molar-refractivity contribution in [2.45, 2.75) is 0 Å². The molecule has 0 aliphatic carbocycles. The van der Waals surface area contributed by atoms with Crippen molar-refractivity contribution in [3.8, 4) is 11.5 Å². The minimum absolute atomic E-state index is 0.226. The molecule has 0 aliphatic heterocycles. The van der Waals surface area contributed by atoms with Gasteiger partial charge in [0.15, 0.2) is 11.6 Å². The largest absolute Gasteiger partial charge is 0.465 e. The van der Waals surface area contributed by atoms with Crippen molar-refractivity contribution >= 4 is 17.5 Å². The smallest absolute Gasteiger partial charge is 0.409 e. The van der Waals surface area contributed by atoms with Crippen molar-refractivity contribution in [1.82, 2.24) is 0 Å². The molecule has 4 N–H and O–H groups in total. The molecule has 0 fully saturated rings. The van der Waals surface area contributed by atoms with Crippen LogP contribution in [-0.4, -0.2) is 11.2 Å². The van der Waals surface area contributed by atoms with Crippen LogP contribution in [-0.2, 0) is 0 Å². The van der Waals surface area contributed by atoms with E-state index in [2.05, 4.69) is 5.32 Å². The average molecular weight is 280 g/mol. The molecule has 0 bridgehead atoms. The van der Waals surface area contributed by atoms with Crippen LogP contribution in [0.15, 0.2) is 36.4 Å². The van der Waals surface area contributed by atoms with Gasteiger partial charge in [-0.3, -0.25) is 5.32 Å². The number of nitrogens with one attached hydrogen (secondary N) is 1. The number of carbonyl (C=O) groups is 1. The summed E-state index contributed by atoms with van der Waals surface area (Å²) in [5, 5.41) is 10.7. The van der Waals surface area contributed by atoms with Gasteiger partial charge in [0.1, 0.15) is 11.6 Å². The first-order valence-electron chi connectivity index (χ1n) is 5.48. The van der Waals surface area contributed by atoms with Gasteiger partial charge in [-0.15, -0.1) is 0 Å². The molecule has 0 saturated carbocycles. The third kappa shape index (κ3) is 3.14. The highest BCUT2D eigenvalue weighted by Gasteiger charge is 2.10. The summed E-state index contributed by atoms with van der Waals surface area (Å²) < 4.78 is 31.9. The van der Waals surface area contributed by atoms with Crippen LogP contribution in [0.1, 0.15) is 0 Å². The van der Waals surface area contributed by atoms with E-state index in [1.807, 2.05) is 0 Å². The van der Waals surface area contributed by atoms with Gasteiger partial charge >= 0.3 is 6.09 Å². The molecule has 7 heteroatoms. The number of hydrogen-bond acceptors (Lipinski definition) is 3. The Morgan fingerprint density at radius 2 is 1.80 bits per heavy atom. The van der Waals surface area contributed by atoms with E-state index in [0.717, 1.165) is 12.1 Å². The van der Waals surface area contributed by atoms with E-state index in [-0.39, 0.29) is 17.2 Å². The topological polar surface area (TPSA) is 84.6 Å². The van der Waals surface area contributed by atoms with Crippen LogP contribution in [0.4, 0.5) is 25.0 Å². The molecule has 0 saturated heterocycles. The molecule has 5 nitrogen and oxygen atoms in total. The third-order valence-corrected chi connectivity index (χ3v) is 2.38. The number of benzene rings is 2. The highest BCUT2D eigenvalue weighted by molar-refractivity contribution is 5.82. The van der Waals surface area contributed by atoms with E-state index < -0.39 is 17.7 Å². The van der Waals surface area contributed by atoms with E-state index >= 15 is 0 Å². The molecule has 2 aromatic rings. The number of nitrogen functional groups attached to an aromatic ring is 1. The Labute approximate surface area is 112 Å². The Balaban J connectivity index is 2.18. The van der Waals surface area contributed by atoms with Gasteiger partial charge in [0, 0.05) is 17.8 Å². The van der Waals surface area contributed by atoms with E-state index in [4.69, 9.17) is 15.6 Å². The highest BCUT2D eigenvalue weighted by Crippen LogP contribution is 2.28. The summed E-state index contributed by atoms with van der Waals surface area (Å²) in [4.78, 5) is 10.4. The van der Waals surface area contributed by atoms with Crippen molar-refractivity contribution in [3.63, 3.8) is 0 Å². The zero-order valence-electron chi connectivity index (χ0n) is 10.1. The number of anilines is 2. The van der Waals surface area contributed by atoms with E-state index in [9.17, 15) is 13.6 Å². The Morgan fingerprint density at radius 3 is 2.40 bits per heavy atom. The molecule has 1 amide bonds. The van der Waals surface area contributed by atoms with Crippen LogP contribution < -0.4 is 15.8 Å². The highest BCUT2D eigenvalue weighted by atomic mass is 19.1. The minimum atomic E-state index is -1.20. The second kappa shape index (κ2) is 5.43. The first-order chi connectivity index (χ1) is 9.45. The third-order valence-electron chi connectivity index (χ3n) is 2.38. The molecule has 2 rings (SSSR count). The van der Waals surface area contributed by atoms with Crippen LogP contribution in [0.25, 0.3) is 0 Å². The van der Waals surface area contributed by atoms with Gasteiger partial charge in [0.2, 0.25) is 0 Å². The Bertz CT molecular complexity index is 645. The number of rotatable bonds is 3. The van der Waals surface area contributed by atoms with Crippen molar-refractivity contribution in [3.05, 3.63) is 48.0 Å². The van der Waals surface area contributed by atoms with E-state index in [0.29, 0.717) is 5.69 Å². The van der Waals surface area contributed by atoms with Crippen molar-refractivity contribution < 1.29 is 23.4 Å². The lowest BCUT2D eigenvalue weighted by Crippen LogP contribution is -2.06. The van der Waals surface area contributed by atoms with Crippen molar-refractivity contribution in [2.24, 2.45) is 0 Å². The predicted octanol–water partition coefficient (Wildman–Crippen LogP) is 3.43. The number of ether oxygens (including phenoxy) is 1. The van der Waals surface area contributed by atoms with Gasteiger partial charge in [-0.1, -0.05) is 0 Å². The average Bonchev–Trinajstić information content (AvgIpc) is 2.37. The van der Waals surface area contributed by atoms with Crippen LogP contribution in [0.2, 0.25) is 0 Å². The Morgan fingerprint density at radius 1 is 1.15 bits per heavy atom. The second-order valence-corrected chi connectivity index (χ2v) is 3.86. The van der Waals surface area contributed by atoms with Crippen molar-refractivity contribution in [2.75, 3.05) is 11.1 Å². The summed E-state index contributed by atoms with van der Waals surface area (Å²) >= 11 is 0. The van der Waals surface area contributed by atoms with Gasteiger partial charge in [-0.2, -0.15) is 0 Å². The zero-order valence-corrected chi connectivity index (χ0v) is 10.1. The number of hydrogen-bond donors (Lipinski definition) is 3. The van der Waals surface area contributed by atoms with Crippen LogP contribution in [0.5, 0.6) is 11.5 Å². The summed E-state index contributed by atoms with van der Waals surface area (Å²) in [5.41, 5.74) is 5.23. The number of amides is 1. The number of halogens is 2. The fourth-order valence-electron chi connectivity index (χ4n) is 1.48. The maximum Gasteiger partial charge on any atom is 0.409 e. The quantitative estimate of drug-likeness (QED) is 0.752. The van der Waals surface area contributed by atoms with Crippen LogP contribution >= 0.6 is 0 Å². The lowest BCUT2D eigenvalue weighted by atomic mass is 10.2. The molecule has 0 atom stereocenters. The monoisotopic (exact) mass is 280 g/mol. The molecule has 2 aromatic carbocycles. The van der Waals surface area contributed by atoms with Gasteiger partial charge < -0.3 is 15.6 Å². The maximum atomic E-state index is 13.5. The molecule has 0 unspecified atom stereocenters. The molecule has 0 radical (unpaired) electrons. The number of nitrogens with two attached hydrogens (primary N) is 1. The Kier molecular flexibility index (Phi) is 3.69. The van der Waals surface area contributed by atoms with E-state index in [1.54, 1.807) is 0 Å². The van der Waals surface area contributed by atoms with Gasteiger partial charge in [-0.25, -0.2) is 13.6 Å². The fraction of sp³-hybridized carbons (Fsp3) is 0. The SMILES string of the molecule is Nc1cc(F)c(Oc2ccc(NC(=O)O)cc2)cc1F. The van der Waals surface area contributed by atoms with Gasteiger partial charge in [-0.05, 0) is 24.3 Å². The first-order valence-corrected chi connectivity index (χ1v) is 5.48. The second-order valence-electron chi connectivity index (χ2n) is 3.86.